The molecule has 0 aliphatic heterocycles. The predicted molar refractivity (Wildman–Crippen MR) is 97.2 cm³/mol. The maximum Gasteiger partial charge on any atom is 0.262 e. The molecule has 3 heterocycles. The van der Waals surface area contributed by atoms with Crippen LogP contribution in [0.1, 0.15) is 25.6 Å². The summed E-state index contributed by atoms with van der Waals surface area (Å²) in [5.74, 6) is 1.50. The van der Waals surface area contributed by atoms with Gasteiger partial charge in [0.1, 0.15) is 10.7 Å². The lowest BCUT2D eigenvalue weighted by Gasteiger charge is -2.14. The third kappa shape index (κ3) is 3.13. The molecule has 0 atom stereocenters. The average molecular weight is 362 g/mol. The van der Waals surface area contributed by atoms with Crippen LogP contribution in [0.3, 0.4) is 0 Å². The summed E-state index contributed by atoms with van der Waals surface area (Å²) >= 11 is 2.73. The molecule has 0 bridgehead atoms. The quantitative estimate of drug-likeness (QED) is 0.660. The molecule has 0 N–H and O–H groups in total. The Morgan fingerprint density at radius 2 is 1.96 bits per heavy atom. The highest BCUT2D eigenvalue weighted by Gasteiger charge is 2.15. The third-order valence-corrected chi connectivity index (χ3v) is 5.10. The zero-order valence-corrected chi connectivity index (χ0v) is 15.8. The first kappa shape index (κ1) is 16.8. The molecule has 7 nitrogen and oxygen atoms in total. The first-order chi connectivity index (χ1) is 11.4. The van der Waals surface area contributed by atoms with Crippen molar-refractivity contribution in [1.29, 1.82) is 0 Å². The molecule has 0 amide bonds. The van der Waals surface area contributed by atoms with E-state index in [0.717, 1.165) is 10.7 Å². The summed E-state index contributed by atoms with van der Waals surface area (Å²) in [7, 11) is 5.49. The molecule has 0 saturated carbocycles. The van der Waals surface area contributed by atoms with Crippen molar-refractivity contribution in [3.8, 4) is 0 Å². The fourth-order valence-electron chi connectivity index (χ4n) is 2.02. The largest absolute Gasteiger partial charge is 0.347 e. The van der Waals surface area contributed by atoms with Crippen molar-refractivity contribution in [3.63, 3.8) is 0 Å². The second-order valence-electron chi connectivity index (χ2n) is 5.83. The third-order valence-electron chi connectivity index (χ3n) is 3.38. The number of thiophene rings is 1. The van der Waals surface area contributed by atoms with Crippen molar-refractivity contribution in [2.24, 2.45) is 7.05 Å². The van der Waals surface area contributed by atoms with E-state index in [1.54, 1.807) is 13.1 Å². The van der Waals surface area contributed by atoms with E-state index in [4.69, 9.17) is 0 Å². The van der Waals surface area contributed by atoms with Crippen LogP contribution in [-0.4, -0.2) is 38.6 Å². The molecule has 3 rings (SSSR count). The highest BCUT2D eigenvalue weighted by molar-refractivity contribution is 7.99. The Hall–Kier alpha value is -2.00. The van der Waals surface area contributed by atoms with Crippen LogP contribution in [0.15, 0.2) is 26.6 Å². The summed E-state index contributed by atoms with van der Waals surface area (Å²) in [6.07, 6.45) is 0. The molecule has 0 fully saturated rings. The van der Waals surface area contributed by atoms with Crippen LogP contribution in [0.5, 0.6) is 0 Å². The van der Waals surface area contributed by atoms with Crippen molar-refractivity contribution < 1.29 is 0 Å². The topological polar surface area (TPSA) is 76.8 Å². The summed E-state index contributed by atoms with van der Waals surface area (Å²) in [6.45, 7) is 4.07. The summed E-state index contributed by atoms with van der Waals surface area (Å²) in [5, 5.41) is 3.62. The lowest BCUT2D eigenvalue weighted by atomic mass is 10.2. The van der Waals surface area contributed by atoms with E-state index in [1.807, 2.05) is 38.2 Å². The maximum absolute atomic E-state index is 12.4. The minimum atomic E-state index is -0.0604. The van der Waals surface area contributed by atoms with E-state index >= 15 is 0 Å². The molecule has 0 spiro atoms. The summed E-state index contributed by atoms with van der Waals surface area (Å²) in [4.78, 5) is 33.0. The van der Waals surface area contributed by atoms with Crippen molar-refractivity contribution in [2.75, 3.05) is 19.0 Å². The normalized spacial score (nSPS) is 11.4. The molecule has 0 unspecified atom stereocenters. The molecule has 24 heavy (non-hydrogen) atoms. The van der Waals surface area contributed by atoms with E-state index in [-0.39, 0.29) is 11.5 Å². The molecule has 126 valence electrons. The van der Waals surface area contributed by atoms with Gasteiger partial charge in [-0.1, -0.05) is 13.8 Å². The molecule has 3 aromatic rings. The predicted octanol–water partition coefficient (Wildman–Crippen LogP) is 2.52. The number of fused-ring (bicyclic) bond motifs is 1. The van der Waals surface area contributed by atoms with E-state index in [0.29, 0.717) is 21.6 Å². The fourth-order valence-corrected chi connectivity index (χ4v) is 3.62. The van der Waals surface area contributed by atoms with Crippen molar-refractivity contribution in [1.82, 2.24) is 24.5 Å². The standard InChI is InChI=1S/C15H18N6OS2/c1-8(2)10-16-13(20(3)4)19-14(17-10)24-15-18-11-9(6-7-23-11)12(22)21(15)5/h6-8H,1-5H3. The molecular formula is C15H18N6OS2. The number of aromatic nitrogens is 5. The minimum absolute atomic E-state index is 0.0604. The Labute approximate surface area is 147 Å². The summed E-state index contributed by atoms with van der Waals surface area (Å²) in [6, 6.07) is 1.80. The van der Waals surface area contributed by atoms with Crippen LogP contribution in [0.4, 0.5) is 5.95 Å². The Morgan fingerprint density at radius 3 is 2.62 bits per heavy atom. The zero-order valence-electron chi connectivity index (χ0n) is 14.1. The second kappa shape index (κ2) is 6.48. The van der Waals surface area contributed by atoms with E-state index in [1.165, 1.54) is 27.7 Å². The Morgan fingerprint density at radius 1 is 1.21 bits per heavy atom. The van der Waals surface area contributed by atoms with Gasteiger partial charge in [0, 0.05) is 27.1 Å². The SMILES string of the molecule is CC(C)c1nc(Sc2nc3sccc3c(=O)n2C)nc(N(C)C)n1. The second-order valence-corrected chi connectivity index (χ2v) is 7.65. The first-order valence-corrected chi connectivity index (χ1v) is 9.12. The Balaban J connectivity index is 2.08. The number of anilines is 1. The molecule has 0 aromatic carbocycles. The summed E-state index contributed by atoms with van der Waals surface area (Å²) in [5.41, 5.74) is -0.0604. The van der Waals surface area contributed by atoms with Crippen LogP contribution in [0.25, 0.3) is 10.2 Å². The van der Waals surface area contributed by atoms with E-state index in [2.05, 4.69) is 19.9 Å². The zero-order chi connectivity index (χ0) is 17.4. The number of hydrogen-bond donors (Lipinski definition) is 0. The lowest BCUT2D eigenvalue weighted by molar-refractivity contribution is 0.704. The Kier molecular flexibility index (Phi) is 4.55. The Bertz CT molecular complexity index is 921. The van der Waals surface area contributed by atoms with Crippen molar-refractivity contribution in [3.05, 3.63) is 27.6 Å². The van der Waals surface area contributed by atoms with Gasteiger partial charge in [0.2, 0.25) is 11.1 Å². The van der Waals surface area contributed by atoms with Gasteiger partial charge in [0.25, 0.3) is 5.56 Å². The van der Waals surface area contributed by atoms with Crippen molar-refractivity contribution in [2.45, 2.75) is 30.1 Å². The first-order valence-electron chi connectivity index (χ1n) is 7.42. The highest BCUT2D eigenvalue weighted by Crippen LogP contribution is 2.26. The van der Waals surface area contributed by atoms with Gasteiger partial charge < -0.3 is 4.90 Å². The monoisotopic (exact) mass is 362 g/mol. The van der Waals surface area contributed by atoms with Gasteiger partial charge in [-0.2, -0.15) is 9.97 Å². The molecule has 9 heteroatoms. The fraction of sp³-hybridized carbons (Fsp3) is 0.400. The van der Waals surface area contributed by atoms with Gasteiger partial charge in [-0.3, -0.25) is 9.36 Å². The average Bonchev–Trinajstić information content (AvgIpc) is 3.00. The summed E-state index contributed by atoms with van der Waals surface area (Å²) < 4.78 is 1.54. The van der Waals surface area contributed by atoms with E-state index < -0.39 is 0 Å². The molecule has 3 aromatic heterocycles. The number of rotatable bonds is 4. The van der Waals surface area contributed by atoms with Crippen LogP contribution in [-0.2, 0) is 7.05 Å². The van der Waals surface area contributed by atoms with Crippen LogP contribution in [0.2, 0.25) is 0 Å². The highest BCUT2D eigenvalue weighted by atomic mass is 32.2. The van der Waals surface area contributed by atoms with Gasteiger partial charge in [-0.25, -0.2) is 9.97 Å². The number of nitrogens with zero attached hydrogens (tertiary/aromatic N) is 6. The van der Waals surface area contributed by atoms with Crippen molar-refractivity contribution >= 4 is 39.3 Å². The minimum Gasteiger partial charge on any atom is -0.347 e. The molecule has 0 aliphatic carbocycles. The van der Waals surface area contributed by atoms with Crippen LogP contribution in [0, 0.1) is 0 Å². The van der Waals surface area contributed by atoms with Gasteiger partial charge in [0.05, 0.1) is 5.39 Å². The molecular weight excluding hydrogens is 344 g/mol. The van der Waals surface area contributed by atoms with Crippen LogP contribution >= 0.6 is 23.1 Å². The molecule has 0 aliphatic rings. The van der Waals surface area contributed by atoms with E-state index in [9.17, 15) is 4.79 Å². The number of hydrogen-bond acceptors (Lipinski definition) is 8. The van der Waals surface area contributed by atoms with Gasteiger partial charge in [-0.15, -0.1) is 11.3 Å². The van der Waals surface area contributed by atoms with Gasteiger partial charge >= 0.3 is 0 Å². The van der Waals surface area contributed by atoms with Gasteiger partial charge in [0.15, 0.2) is 5.16 Å². The van der Waals surface area contributed by atoms with Gasteiger partial charge in [-0.05, 0) is 23.2 Å². The smallest absolute Gasteiger partial charge is 0.262 e. The maximum atomic E-state index is 12.4. The molecule has 0 saturated heterocycles. The lowest BCUT2D eigenvalue weighted by Crippen LogP contribution is -2.19. The molecule has 0 radical (unpaired) electrons. The van der Waals surface area contributed by atoms with Crippen LogP contribution < -0.4 is 10.5 Å².